The van der Waals surface area contributed by atoms with Crippen LogP contribution < -0.4 is 5.32 Å². The molecule has 0 aromatic rings. The van der Waals surface area contributed by atoms with Gasteiger partial charge in [0.05, 0.1) is 25.4 Å². The number of esters is 1. The summed E-state index contributed by atoms with van der Waals surface area (Å²) in [5, 5.41) is 23.3. The van der Waals surface area contributed by atoms with Gasteiger partial charge in [-0.2, -0.15) is 0 Å². The maximum atomic E-state index is 12.5. The molecule has 0 aromatic heterocycles. The van der Waals surface area contributed by atoms with Crippen LogP contribution in [-0.4, -0.2) is 47.4 Å². The third kappa shape index (κ3) is 76.6. The number of hydrogen-bond acceptors (Lipinski definition) is 5. The molecule has 6 heteroatoms. The lowest BCUT2D eigenvalue weighted by molar-refractivity contribution is -0.143. The van der Waals surface area contributed by atoms with Crippen molar-refractivity contribution in [1.29, 1.82) is 0 Å². The number of aliphatic hydroxyl groups excluding tert-OH is 2. The average molecular weight is 1290 g/mol. The monoisotopic (exact) mass is 1290 g/mol. The Morgan fingerprint density at radius 1 is 0.304 bits per heavy atom. The minimum absolute atomic E-state index is 0.0115. The van der Waals surface area contributed by atoms with Gasteiger partial charge in [-0.15, -0.1) is 0 Å². The number of rotatable bonds is 78. The zero-order valence-electron chi connectivity index (χ0n) is 62.0. The largest absolute Gasteiger partial charge is 0.466 e. The molecule has 6 nitrogen and oxygen atoms in total. The van der Waals surface area contributed by atoms with Crippen molar-refractivity contribution in [1.82, 2.24) is 5.32 Å². The molecule has 0 rings (SSSR count). The molecule has 0 fully saturated rings. The van der Waals surface area contributed by atoms with E-state index in [1.807, 2.05) is 6.08 Å². The first-order chi connectivity index (χ1) is 45.5. The zero-order chi connectivity index (χ0) is 66.3. The number of aliphatic hydroxyl groups is 2. The molecule has 1 amide bonds. The van der Waals surface area contributed by atoms with Crippen LogP contribution in [-0.2, 0) is 14.3 Å². The molecule has 0 aliphatic rings. The lowest BCUT2D eigenvalue weighted by atomic mass is 10.0. The van der Waals surface area contributed by atoms with E-state index in [9.17, 15) is 19.8 Å². The van der Waals surface area contributed by atoms with Gasteiger partial charge in [0, 0.05) is 12.8 Å². The highest BCUT2D eigenvalue weighted by molar-refractivity contribution is 5.76. The Balaban J connectivity index is 3.38. The molecular formula is C86H161NO5. The summed E-state index contributed by atoms with van der Waals surface area (Å²) in [7, 11) is 0. The fraction of sp³-hybridized carbons (Fsp3) is 0.860. The van der Waals surface area contributed by atoms with Crippen molar-refractivity contribution in [2.45, 2.75) is 463 Å². The number of amides is 1. The highest BCUT2D eigenvalue weighted by Gasteiger charge is 2.18. The van der Waals surface area contributed by atoms with Crippen LogP contribution in [0, 0.1) is 0 Å². The van der Waals surface area contributed by atoms with Crippen LogP contribution in [0.25, 0.3) is 0 Å². The number of allylic oxidation sites excluding steroid dienone is 9. The number of carbonyl (C=O) groups is 2. The lowest BCUT2D eigenvalue weighted by Gasteiger charge is -2.20. The van der Waals surface area contributed by atoms with Crippen molar-refractivity contribution in [3.8, 4) is 0 Å². The van der Waals surface area contributed by atoms with E-state index in [4.69, 9.17) is 4.74 Å². The summed E-state index contributed by atoms with van der Waals surface area (Å²) in [4.78, 5) is 24.7. The number of nitrogens with one attached hydrogen (secondary N) is 1. The number of carbonyl (C=O) groups excluding carboxylic acids is 2. The summed E-state index contributed by atoms with van der Waals surface area (Å²) >= 11 is 0. The molecule has 0 bridgehead atoms. The van der Waals surface area contributed by atoms with Gasteiger partial charge < -0.3 is 20.3 Å². The third-order valence-corrected chi connectivity index (χ3v) is 19.3. The average Bonchev–Trinajstić information content (AvgIpc) is 3.77. The van der Waals surface area contributed by atoms with Crippen molar-refractivity contribution < 1.29 is 24.5 Å². The van der Waals surface area contributed by atoms with Crippen LogP contribution in [0.4, 0.5) is 0 Å². The summed E-state index contributed by atoms with van der Waals surface area (Å²) < 4.78 is 5.51. The van der Waals surface area contributed by atoms with Gasteiger partial charge in [0.25, 0.3) is 0 Å². The molecule has 92 heavy (non-hydrogen) atoms. The molecule has 540 valence electrons. The fourth-order valence-corrected chi connectivity index (χ4v) is 12.9. The van der Waals surface area contributed by atoms with E-state index in [0.717, 1.165) is 57.8 Å². The van der Waals surface area contributed by atoms with Gasteiger partial charge in [-0.05, 0) is 96.3 Å². The number of unbranched alkanes of at least 4 members (excludes halogenated alkanes) is 59. The van der Waals surface area contributed by atoms with E-state index in [-0.39, 0.29) is 18.5 Å². The van der Waals surface area contributed by atoms with Gasteiger partial charge in [0.15, 0.2) is 0 Å². The standard InChI is InChI=1S/C86H161NO5/c1-3-5-7-9-11-13-15-17-19-21-23-43-46-50-54-58-62-66-70-74-78-84(89)83(82-88)87-85(90)79-75-71-67-63-59-55-51-47-44-41-39-37-35-33-31-29-27-25-24-26-28-30-32-34-36-38-40-42-45-49-53-57-61-65-69-73-77-81-92-86(91)80-76-72-68-64-60-56-52-48-22-20-18-16-14-12-10-8-6-4-2/h14,16,20,22,24,26,30,32,74,78,83-84,88-89H,3-13,15,17-19,21,23,25,27-29,31,33-73,75-77,79-82H2,1-2H3,(H,87,90)/b16-14-,22-20-,26-24-,32-30-,78-74+. The molecule has 0 spiro atoms. The first kappa shape index (κ1) is 89.6. The fourth-order valence-electron chi connectivity index (χ4n) is 12.9. The van der Waals surface area contributed by atoms with Crippen molar-refractivity contribution in [3.63, 3.8) is 0 Å². The molecule has 3 N–H and O–H groups in total. The Labute approximate surface area is 575 Å². The first-order valence-electron chi connectivity index (χ1n) is 41.6. The van der Waals surface area contributed by atoms with Gasteiger partial charge in [-0.25, -0.2) is 0 Å². The van der Waals surface area contributed by atoms with E-state index in [1.165, 1.54) is 366 Å². The van der Waals surface area contributed by atoms with Crippen molar-refractivity contribution in [2.75, 3.05) is 13.2 Å². The Kier molecular flexibility index (Phi) is 78.8. The minimum Gasteiger partial charge on any atom is -0.466 e. The van der Waals surface area contributed by atoms with Crippen molar-refractivity contribution in [2.24, 2.45) is 0 Å². The van der Waals surface area contributed by atoms with Crippen LogP contribution in [0.2, 0.25) is 0 Å². The minimum atomic E-state index is -0.844. The smallest absolute Gasteiger partial charge is 0.305 e. The van der Waals surface area contributed by atoms with E-state index < -0.39 is 12.1 Å². The van der Waals surface area contributed by atoms with E-state index in [1.54, 1.807) is 6.08 Å². The maximum absolute atomic E-state index is 12.5. The molecule has 2 unspecified atom stereocenters. The molecule has 0 aromatic carbocycles. The summed E-state index contributed by atoms with van der Waals surface area (Å²) in [6, 6.07) is -0.628. The maximum Gasteiger partial charge on any atom is 0.305 e. The van der Waals surface area contributed by atoms with Crippen LogP contribution in [0.1, 0.15) is 450 Å². The van der Waals surface area contributed by atoms with Crippen molar-refractivity contribution >= 4 is 11.9 Å². The van der Waals surface area contributed by atoms with E-state index in [2.05, 4.69) is 67.8 Å². The van der Waals surface area contributed by atoms with Gasteiger partial charge in [0.1, 0.15) is 0 Å². The second-order valence-corrected chi connectivity index (χ2v) is 28.4. The van der Waals surface area contributed by atoms with Gasteiger partial charge in [0.2, 0.25) is 5.91 Å². The topological polar surface area (TPSA) is 95.9 Å². The molecule has 2 atom stereocenters. The number of ether oxygens (including phenoxy) is 1. The Hall–Kier alpha value is -2.44. The third-order valence-electron chi connectivity index (χ3n) is 19.3. The van der Waals surface area contributed by atoms with Gasteiger partial charge in [-0.3, -0.25) is 9.59 Å². The molecular weight excluding hydrogens is 1130 g/mol. The molecule has 0 heterocycles. The first-order valence-corrected chi connectivity index (χ1v) is 41.6. The molecule has 0 aliphatic heterocycles. The summed E-state index contributed by atoms with van der Waals surface area (Å²) in [5.41, 5.74) is 0. The van der Waals surface area contributed by atoms with Gasteiger partial charge in [-0.1, -0.05) is 402 Å². The Morgan fingerprint density at radius 2 is 0.543 bits per heavy atom. The molecule has 0 saturated carbocycles. The quantitative estimate of drug-likeness (QED) is 0.0320. The van der Waals surface area contributed by atoms with E-state index in [0.29, 0.717) is 19.4 Å². The molecule has 0 radical (unpaired) electrons. The number of hydrogen-bond donors (Lipinski definition) is 3. The van der Waals surface area contributed by atoms with E-state index >= 15 is 0 Å². The van der Waals surface area contributed by atoms with Crippen LogP contribution in [0.3, 0.4) is 0 Å². The highest BCUT2D eigenvalue weighted by atomic mass is 16.5. The summed E-state index contributed by atoms with van der Waals surface area (Å²) in [6.45, 7) is 4.93. The molecule has 0 saturated heterocycles. The Bertz CT molecular complexity index is 1580. The van der Waals surface area contributed by atoms with Crippen LogP contribution >= 0.6 is 0 Å². The molecule has 0 aliphatic carbocycles. The normalized spacial score (nSPS) is 12.8. The SMILES string of the molecule is CCCCCC/C=C\C/C=C\CCCCCCCCCC(=O)OCCCCCCCCCCCCCCC/C=C\C/C=C\CCCCCCCCCCCCCCCCCCCC(=O)NC(CO)C(O)/C=C/CCCCCCCCCCCCCCCCCCCC. The second kappa shape index (κ2) is 81.0. The van der Waals surface area contributed by atoms with Crippen LogP contribution in [0.5, 0.6) is 0 Å². The van der Waals surface area contributed by atoms with Crippen molar-refractivity contribution in [3.05, 3.63) is 60.8 Å². The zero-order valence-corrected chi connectivity index (χ0v) is 62.0. The summed E-state index contributed by atoms with van der Waals surface area (Å²) in [6.07, 6.45) is 109. The van der Waals surface area contributed by atoms with Crippen LogP contribution in [0.15, 0.2) is 60.8 Å². The predicted octanol–water partition coefficient (Wildman–Crippen LogP) is 27.7. The van der Waals surface area contributed by atoms with Gasteiger partial charge >= 0.3 is 5.97 Å². The second-order valence-electron chi connectivity index (χ2n) is 28.4. The Morgan fingerprint density at radius 3 is 0.837 bits per heavy atom. The lowest BCUT2D eigenvalue weighted by Crippen LogP contribution is -2.45. The predicted molar refractivity (Wildman–Crippen MR) is 407 cm³/mol. The summed E-state index contributed by atoms with van der Waals surface area (Å²) in [5.74, 6) is -0.0499. The highest BCUT2D eigenvalue weighted by Crippen LogP contribution is 2.19.